The van der Waals surface area contributed by atoms with Gasteiger partial charge in [0.15, 0.2) is 0 Å². The van der Waals surface area contributed by atoms with Gasteiger partial charge in [0.2, 0.25) is 0 Å². The van der Waals surface area contributed by atoms with Crippen molar-refractivity contribution in [2.45, 2.75) is 31.1 Å². The fourth-order valence-corrected chi connectivity index (χ4v) is 2.76. The van der Waals surface area contributed by atoms with E-state index in [9.17, 15) is 13.2 Å². The molecule has 22 heavy (non-hydrogen) atoms. The topological polar surface area (TPSA) is 91.1 Å². The Morgan fingerprint density at radius 1 is 1.23 bits per heavy atom. The lowest BCUT2D eigenvalue weighted by molar-refractivity contribution is 0.0940. The predicted molar refractivity (Wildman–Crippen MR) is 83.7 cm³/mol. The van der Waals surface area contributed by atoms with E-state index in [1.54, 1.807) is 30.5 Å². The largest absolute Gasteiger partial charge is 0.357 e. The normalized spacial score (nSPS) is 12.8. The molecule has 0 saturated carbocycles. The van der Waals surface area contributed by atoms with Gasteiger partial charge in [-0.3, -0.25) is 10.2 Å². The van der Waals surface area contributed by atoms with Gasteiger partial charge in [0, 0.05) is 6.20 Å². The fraction of sp³-hybridized carbons (Fsp3) is 0.267. The quantitative estimate of drug-likeness (QED) is 0.712. The van der Waals surface area contributed by atoms with E-state index in [0.29, 0.717) is 5.92 Å². The third-order valence-corrected chi connectivity index (χ3v) is 4.78. The van der Waals surface area contributed by atoms with E-state index in [1.165, 1.54) is 12.1 Å². The van der Waals surface area contributed by atoms with E-state index in [4.69, 9.17) is 0 Å². The Labute approximate surface area is 130 Å². The van der Waals surface area contributed by atoms with E-state index in [-0.39, 0.29) is 10.6 Å². The van der Waals surface area contributed by atoms with Gasteiger partial charge in [0.05, 0.1) is 4.90 Å². The van der Waals surface area contributed by atoms with Crippen LogP contribution in [0.3, 0.4) is 0 Å². The highest BCUT2D eigenvalue weighted by atomic mass is 32.2. The number of amides is 1. The van der Waals surface area contributed by atoms with E-state index < -0.39 is 15.9 Å². The standard InChI is InChI=1S/C15H19N3O3S/c1-3-11(2)12-6-8-13(9-7-12)22(20,21)18-17-15(19)14-5-4-10-16-14/h4-11,16,18H,3H2,1-2H3,(H,17,19)/t11-/m0/s1. The Bertz CT molecular complexity index is 722. The van der Waals surface area contributed by atoms with Crippen LogP contribution in [0.1, 0.15) is 42.2 Å². The maximum Gasteiger partial charge on any atom is 0.282 e. The summed E-state index contributed by atoms with van der Waals surface area (Å²) in [5.41, 5.74) is 3.52. The summed E-state index contributed by atoms with van der Waals surface area (Å²) in [6, 6.07) is 9.84. The summed E-state index contributed by atoms with van der Waals surface area (Å²) in [6.45, 7) is 4.16. The molecule has 0 bridgehead atoms. The second-order valence-corrected chi connectivity index (χ2v) is 6.70. The van der Waals surface area contributed by atoms with Crippen LogP contribution in [-0.2, 0) is 10.0 Å². The number of hydrogen-bond donors (Lipinski definition) is 3. The number of rotatable bonds is 6. The molecule has 2 rings (SSSR count). The lowest BCUT2D eigenvalue weighted by Gasteiger charge is -2.11. The molecule has 2 aromatic rings. The minimum atomic E-state index is -3.79. The van der Waals surface area contributed by atoms with Crippen LogP contribution in [0.25, 0.3) is 0 Å². The fourth-order valence-electron chi connectivity index (χ4n) is 1.92. The zero-order valence-electron chi connectivity index (χ0n) is 12.5. The van der Waals surface area contributed by atoms with Crippen molar-refractivity contribution < 1.29 is 13.2 Å². The van der Waals surface area contributed by atoms with Gasteiger partial charge in [-0.25, -0.2) is 8.42 Å². The van der Waals surface area contributed by atoms with Gasteiger partial charge in [-0.15, -0.1) is 4.83 Å². The average Bonchev–Trinajstić information content (AvgIpc) is 3.06. The van der Waals surface area contributed by atoms with Crippen LogP contribution in [0.2, 0.25) is 0 Å². The summed E-state index contributed by atoms with van der Waals surface area (Å²) in [6.07, 6.45) is 2.56. The number of benzene rings is 1. The Kier molecular flexibility index (Phi) is 4.99. The van der Waals surface area contributed by atoms with Crippen molar-refractivity contribution in [3.8, 4) is 0 Å². The number of carbonyl (C=O) groups is 1. The Hall–Kier alpha value is -2.12. The number of H-pyrrole nitrogens is 1. The first-order chi connectivity index (χ1) is 10.4. The zero-order chi connectivity index (χ0) is 16.2. The molecule has 118 valence electrons. The maximum atomic E-state index is 12.1. The maximum absolute atomic E-state index is 12.1. The molecule has 0 aliphatic carbocycles. The summed E-state index contributed by atoms with van der Waals surface area (Å²) in [5, 5.41) is 0. The zero-order valence-corrected chi connectivity index (χ0v) is 13.3. The van der Waals surface area contributed by atoms with Gasteiger partial charge in [-0.2, -0.15) is 0 Å². The number of sulfonamides is 1. The van der Waals surface area contributed by atoms with Crippen molar-refractivity contribution in [2.75, 3.05) is 0 Å². The molecule has 1 aromatic heterocycles. The van der Waals surface area contributed by atoms with Crippen LogP contribution < -0.4 is 10.3 Å². The molecule has 0 fully saturated rings. The molecule has 0 aliphatic heterocycles. The van der Waals surface area contributed by atoms with Crippen LogP contribution in [0.15, 0.2) is 47.5 Å². The Morgan fingerprint density at radius 3 is 2.45 bits per heavy atom. The molecular weight excluding hydrogens is 302 g/mol. The second-order valence-electron chi connectivity index (χ2n) is 5.02. The van der Waals surface area contributed by atoms with Crippen molar-refractivity contribution in [1.29, 1.82) is 0 Å². The predicted octanol–water partition coefficient (Wildman–Crippen LogP) is 2.15. The summed E-state index contributed by atoms with van der Waals surface area (Å²) in [7, 11) is -3.79. The molecule has 1 aromatic carbocycles. The number of hydrazine groups is 1. The lowest BCUT2D eigenvalue weighted by atomic mass is 9.99. The summed E-state index contributed by atoms with van der Waals surface area (Å²) in [5.74, 6) is -0.179. The van der Waals surface area contributed by atoms with Crippen molar-refractivity contribution in [1.82, 2.24) is 15.2 Å². The molecule has 1 amide bonds. The number of aromatic nitrogens is 1. The molecule has 3 N–H and O–H groups in total. The van der Waals surface area contributed by atoms with E-state index in [2.05, 4.69) is 29.1 Å². The summed E-state index contributed by atoms with van der Waals surface area (Å²) in [4.78, 5) is 16.6. The van der Waals surface area contributed by atoms with Crippen molar-refractivity contribution in [3.05, 3.63) is 53.9 Å². The van der Waals surface area contributed by atoms with Gasteiger partial charge in [-0.05, 0) is 42.2 Å². The van der Waals surface area contributed by atoms with Gasteiger partial charge < -0.3 is 4.98 Å². The van der Waals surface area contributed by atoms with Gasteiger partial charge in [0.1, 0.15) is 5.69 Å². The first-order valence-corrected chi connectivity index (χ1v) is 8.48. The summed E-state index contributed by atoms with van der Waals surface area (Å²) < 4.78 is 24.2. The Balaban J connectivity index is 2.05. The molecule has 0 aliphatic rings. The molecule has 1 atom stereocenters. The number of hydrogen-bond acceptors (Lipinski definition) is 3. The van der Waals surface area contributed by atoms with Crippen LogP contribution in [0.4, 0.5) is 0 Å². The highest BCUT2D eigenvalue weighted by molar-refractivity contribution is 7.89. The van der Waals surface area contributed by atoms with Gasteiger partial charge in [-0.1, -0.05) is 26.0 Å². The third-order valence-electron chi connectivity index (χ3n) is 3.51. The first kappa shape index (κ1) is 16.3. The third kappa shape index (κ3) is 3.75. The van der Waals surface area contributed by atoms with Gasteiger partial charge >= 0.3 is 0 Å². The van der Waals surface area contributed by atoms with Gasteiger partial charge in [0.25, 0.3) is 15.9 Å². The smallest absolute Gasteiger partial charge is 0.282 e. The highest BCUT2D eigenvalue weighted by Gasteiger charge is 2.16. The average molecular weight is 321 g/mol. The minimum absolute atomic E-state index is 0.103. The first-order valence-electron chi connectivity index (χ1n) is 6.99. The van der Waals surface area contributed by atoms with Crippen molar-refractivity contribution >= 4 is 15.9 Å². The van der Waals surface area contributed by atoms with Crippen LogP contribution in [-0.4, -0.2) is 19.3 Å². The van der Waals surface area contributed by atoms with Crippen LogP contribution >= 0.6 is 0 Å². The molecule has 0 unspecified atom stereocenters. The number of aromatic amines is 1. The number of nitrogens with one attached hydrogen (secondary N) is 3. The van der Waals surface area contributed by atoms with E-state index >= 15 is 0 Å². The molecular formula is C15H19N3O3S. The SMILES string of the molecule is CC[C@H](C)c1ccc(S(=O)(=O)NNC(=O)c2ccc[nH]2)cc1. The summed E-state index contributed by atoms with van der Waals surface area (Å²) >= 11 is 0. The monoisotopic (exact) mass is 321 g/mol. The minimum Gasteiger partial charge on any atom is -0.357 e. The Morgan fingerprint density at radius 2 is 1.91 bits per heavy atom. The molecule has 1 heterocycles. The number of carbonyl (C=O) groups excluding carboxylic acids is 1. The van der Waals surface area contributed by atoms with Crippen molar-refractivity contribution in [2.24, 2.45) is 0 Å². The molecule has 6 nitrogen and oxygen atoms in total. The lowest BCUT2D eigenvalue weighted by Crippen LogP contribution is -2.41. The highest BCUT2D eigenvalue weighted by Crippen LogP contribution is 2.20. The van der Waals surface area contributed by atoms with E-state index in [1.807, 2.05) is 0 Å². The van der Waals surface area contributed by atoms with Crippen LogP contribution in [0.5, 0.6) is 0 Å². The molecule has 0 radical (unpaired) electrons. The molecule has 7 heteroatoms. The van der Waals surface area contributed by atoms with Crippen LogP contribution in [0, 0.1) is 0 Å². The van der Waals surface area contributed by atoms with E-state index in [0.717, 1.165) is 12.0 Å². The van der Waals surface area contributed by atoms with Crippen molar-refractivity contribution in [3.63, 3.8) is 0 Å². The molecule has 0 spiro atoms. The molecule has 0 saturated heterocycles. The second kappa shape index (κ2) is 6.76.